The summed E-state index contributed by atoms with van der Waals surface area (Å²) in [5.74, 6) is 2.77. The highest BCUT2D eigenvalue weighted by molar-refractivity contribution is 8.76. The van der Waals surface area contributed by atoms with Crippen molar-refractivity contribution < 1.29 is 9.59 Å². The molecule has 0 fully saturated rings. The Bertz CT molecular complexity index is 1410. The number of carbonyl (C=O) groups is 2. The molecule has 2 aliphatic carbocycles. The molecule has 0 aromatic carbocycles. The van der Waals surface area contributed by atoms with E-state index in [-0.39, 0.29) is 11.6 Å². The first-order chi connectivity index (χ1) is 28.6. The third kappa shape index (κ3) is 23.2. The van der Waals surface area contributed by atoms with Gasteiger partial charge in [-0.1, -0.05) is 186 Å². The SMILES string of the molecule is O=C1C=CC(=CC=C2C=CN(CCCCCCCCCCCCCSSCCCCCCCCCCCCCN3C=CC(=CC=C4C=CC(=O)C=C4)C=C3)C=C2)C=C1. The van der Waals surface area contributed by atoms with E-state index in [0.717, 1.165) is 24.2 Å². The normalized spacial score (nSPS) is 15.8. The molecule has 58 heavy (non-hydrogen) atoms. The first-order valence-electron chi connectivity index (χ1n) is 22.8. The Labute approximate surface area is 361 Å². The minimum atomic E-state index is 0.0542. The highest BCUT2D eigenvalue weighted by atomic mass is 33.1. The number of carbonyl (C=O) groups excluding carboxylic acids is 2. The van der Waals surface area contributed by atoms with E-state index in [9.17, 15) is 9.59 Å². The van der Waals surface area contributed by atoms with Crippen LogP contribution in [0.25, 0.3) is 0 Å². The predicted octanol–water partition coefficient (Wildman–Crippen LogP) is 14.7. The molecular weight excluding hydrogens is 749 g/mol. The number of hydrogen-bond donors (Lipinski definition) is 0. The fourth-order valence-corrected chi connectivity index (χ4v) is 9.51. The van der Waals surface area contributed by atoms with E-state index in [1.54, 1.807) is 24.3 Å². The molecule has 0 aromatic heterocycles. The quantitative estimate of drug-likeness (QED) is 0.0513. The molecule has 0 saturated heterocycles. The van der Waals surface area contributed by atoms with Crippen LogP contribution in [0.4, 0.5) is 0 Å². The van der Waals surface area contributed by atoms with Crippen molar-refractivity contribution in [3.63, 3.8) is 0 Å². The molecule has 0 amide bonds. The standard InChI is InChI=1S/C52H72N2O2S2/c55-51-31-27-47(28-32-51)23-25-49-35-41-53(42-36-49)39-19-15-11-7-3-1-5-9-13-17-21-45-57-58-46-22-18-14-10-6-2-4-8-12-16-20-40-54-43-37-50(38-44-54)26-24-48-29-33-52(56)34-30-48/h23-38,41-44H,1-22,39-40,45-46H2. The molecule has 0 N–H and O–H groups in total. The maximum absolute atomic E-state index is 11.2. The van der Waals surface area contributed by atoms with E-state index in [4.69, 9.17) is 0 Å². The van der Waals surface area contributed by atoms with Gasteiger partial charge in [-0.3, -0.25) is 9.59 Å². The van der Waals surface area contributed by atoms with Crippen LogP contribution in [0.15, 0.2) is 144 Å². The summed E-state index contributed by atoms with van der Waals surface area (Å²) in [7, 11) is 4.22. The second-order valence-corrected chi connectivity index (χ2v) is 18.7. The fourth-order valence-electron chi connectivity index (χ4n) is 7.21. The van der Waals surface area contributed by atoms with E-state index in [1.165, 1.54) is 164 Å². The molecule has 4 rings (SSSR count). The van der Waals surface area contributed by atoms with Gasteiger partial charge in [-0.05, 0) is 96.6 Å². The van der Waals surface area contributed by atoms with Gasteiger partial charge in [0.1, 0.15) is 0 Å². The summed E-state index contributed by atoms with van der Waals surface area (Å²) in [6.45, 7) is 2.19. The van der Waals surface area contributed by atoms with Crippen molar-refractivity contribution in [2.24, 2.45) is 0 Å². The van der Waals surface area contributed by atoms with Crippen LogP contribution in [0.5, 0.6) is 0 Å². The van der Waals surface area contributed by atoms with Gasteiger partial charge >= 0.3 is 0 Å². The van der Waals surface area contributed by atoms with Crippen LogP contribution in [0.2, 0.25) is 0 Å². The smallest absolute Gasteiger partial charge is 0.178 e. The van der Waals surface area contributed by atoms with Crippen LogP contribution in [-0.4, -0.2) is 46.0 Å². The molecular formula is C52H72N2O2S2. The third-order valence-corrected chi connectivity index (χ3v) is 13.5. The molecule has 0 radical (unpaired) electrons. The van der Waals surface area contributed by atoms with Crippen molar-refractivity contribution in [1.82, 2.24) is 9.80 Å². The summed E-state index contributed by atoms with van der Waals surface area (Å²) in [5.41, 5.74) is 4.46. The summed E-state index contributed by atoms with van der Waals surface area (Å²) in [6.07, 6.45) is 70.0. The van der Waals surface area contributed by atoms with Gasteiger partial charge in [0, 0.05) is 49.4 Å². The largest absolute Gasteiger partial charge is 0.354 e. The average Bonchev–Trinajstić information content (AvgIpc) is 3.25. The van der Waals surface area contributed by atoms with E-state index in [0.29, 0.717) is 0 Å². The molecule has 2 heterocycles. The number of allylic oxidation sites excluding steroid dienone is 20. The van der Waals surface area contributed by atoms with Gasteiger partial charge in [-0.2, -0.15) is 0 Å². The van der Waals surface area contributed by atoms with Crippen LogP contribution in [0, 0.1) is 0 Å². The van der Waals surface area contributed by atoms with Gasteiger partial charge in [0.25, 0.3) is 0 Å². The molecule has 0 spiro atoms. The van der Waals surface area contributed by atoms with E-state index in [2.05, 4.69) is 105 Å². The molecule has 0 unspecified atom stereocenters. The van der Waals surface area contributed by atoms with Crippen molar-refractivity contribution in [3.8, 4) is 0 Å². The Morgan fingerprint density at radius 2 is 0.552 bits per heavy atom. The molecule has 4 nitrogen and oxygen atoms in total. The maximum atomic E-state index is 11.2. The topological polar surface area (TPSA) is 40.6 Å². The summed E-state index contributed by atoms with van der Waals surface area (Å²) < 4.78 is 0. The van der Waals surface area contributed by atoms with Crippen molar-refractivity contribution in [2.45, 2.75) is 141 Å². The van der Waals surface area contributed by atoms with Crippen molar-refractivity contribution in [1.29, 1.82) is 0 Å². The molecule has 314 valence electrons. The minimum absolute atomic E-state index is 0.0542. The van der Waals surface area contributed by atoms with E-state index in [1.807, 2.05) is 24.3 Å². The summed E-state index contributed by atoms with van der Waals surface area (Å²) in [4.78, 5) is 27.1. The van der Waals surface area contributed by atoms with Crippen LogP contribution < -0.4 is 0 Å². The zero-order chi connectivity index (χ0) is 40.6. The first-order valence-corrected chi connectivity index (χ1v) is 25.3. The molecule has 6 heteroatoms. The number of unbranched alkanes of at least 4 members (excludes halogenated alkanes) is 20. The lowest BCUT2D eigenvalue weighted by Crippen LogP contribution is -2.13. The Morgan fingerprint density at radius 1 is 0.310 bits per heavy atom. The highest BCUT2D eigenvalue weighted by Crippen LogP contribution is 2.25. The van der Waals surface area contributed by atoms with Gasteiger partial charge in [-0.25, -0.2) is 0 Å². The molecule has 0 atom stereocenters. The Hall–Kier alpha value is -3.48. The average molecular weight is 821 g/mol. The van der Waals surface area contributed by atoms with Crippen molar-refractivity contribution in [2.75, 3.05) is 24.6 Å². The second kappa shape index (κ2) is 31.4. The zero-order valence-corrected chi connectivity index (χ0v) is 37.1. The lowest BCUT2D eigenvalue weighted by Gasteiger charge is -2.18. The molecule has 4 aliphatic rings. The number of hydrogen-bond acceptors (Lipinski definition) is 6. The van der Waals surface area contributed by atoms with Crippen LogP contribution in [0.3, 0.4) is 0 Å². The Morgan fingerprint density at radius 3 is 0.845 bits per heavy atom. The van der Waals surface area contributed by atoms with Gasteiger partial charge in [0.05, 0.1) is 0 Å². The van der Waals surface area contributed by atoms with Crippen LogP contribution in [-0.2, 0) is 9.59 Å². The van der Waals surface area contributed by atoms with Crippen molar-refractivity contribution >= 4 is 33.2 Å². The molecule has 0 bridgehead atoms. The maximum Gasteiger partial charge on any atom is 0.178 e. The monoisotopic (exact) mass is 821 g/mol. The fraction of sp³-hybridized carbons (Fsp3) is 0.500. The second-order valence-electron chi connectivity index (χ2n) is 16.0. The van der Waals surface area contributed by atoms with E-state index >= 15 is 0 Å². The number of ketones is 2. The Kier molecular flexibility index (Phi) is 25.6. The Balaban J connectivity index is 0.795. The first kappa shape index (κ1) is 47.2. The minimum Gasteiger partial charge on any atom is -0.354 e. The van der Waals surface area contributed by atoms with Crippen molar-refractivity contribution in [3.05, 3.63) is 144 Å². The lowest BCUT2D eigenvalue weighted by molar-refractivity contribution is -0.111. The predicted molar refractivity (Wildman–Crippen MR) is 255 cm³/mol. The summed E-state index contributed by atoms with van der Waals surface area (Å²) >= 11 is 0. The van der Waals surface area contributed by atoms with E-state index < -0.39 is 0 Å². The highest BCUT2D eigenvalue weighted by Gasteiger charge is 2.04. The van der Waals surface area contributed by atoms with Gasteiger partial charge < -0.3 is 9.80 Å². The third-order valence-electron chi connectivity index (χ3n) is 10.9. The van der Waals surface area contributed by atoms with Gasteiger partial charge in [0.2, 0.25) is 0 Å². The zero-order valence-electron chi connectivity index (χ0n) is 35.5. The molecule has 0 aromatic rings. The van der Waals surface area contributed by atoms with Crippen LogP contribution in [0.1, 0.15) is 141 Å². The van der Waals surface area contributed by atoms with Gasteiger partial charge in [-0.15, -0.1) is 0 Å². The molecule has 2 aliphatic heterocycles. The number of nitrogens with zero attached hydrogens (tertiary/aromatic N) is 2. The van der Waals surface area contributed by atoms with Gasteiger partial charge in [0.15, 0.2) is 11.6 Å². The molecule has 0 saturated carbocycles. The summed E-state index contributed by atoms with van der Waals surface area (Å²) in [5, 5.41) is 0. The lowest BCUT2D eigenvalue weighted by atomic mass is 10.1. The number of rotatable bonds is 31. The van der Waals surface area contributed by atoms with Crippen LogP contribution >= 0.6 is 21.6 Å². The summed E-state index contributed by atoms with van der Waals surface area (Å²) in [6, 6.07) is 0.